The van der Waals surface area contributed by atoms with E-state index < -0.39 is 6.10 Å². The van der Waals surface area contributed by atoms with Crippen LogP contribution in [0.2, 0.25) is 0 Å². The largest absolute Gasteiger partial charge is 0.493 e. The van der Waals surface area contributed by atoms with Crippen molar-refractivity contribution in [3.05, 3.63) is 23.8 Å². The van der Waals surface area contributed by atoms with E-state index in [4.69, 9.17) is 9.47 Å². The fourth-order valence-corrected chi connectivity index (χ4v) is 2.55. The highest BCUT2D eigenvalue weighted by Crippen LogP contribution is 2.30. The summed E-state index contributed by atoms with van der Waals surface area (Å²) in [6.07, 6.45) is 3.30. The van der Waals surface area contributed by atoms with Crippen LogP contribution in [0.4, 0.5) is 0 Å². The van der Waals surface area contributed by atoms with Gasteiger partial charge in [0.2, 0.25) is 0 Å². The van der Waals surface area contributed by atoms with Crippen LogP contribution in [0.3, 0.4) is 0 Å². The lowest BCUT2D eigenvalue weighted by atomic mass is 10.1. The number of hydrogen-bond donors (Lipinski definition) is 1. The second-order valence-corrected chi connectivity index (χ2v) is 4.99. The van der Waals surface area contributed by atoms with Crippen LogP contribution in [0.15, 0.2) is 18.2 Å². The third kappa shape index (κ3) is 3.61. The topological polar surface area (TPSA) is 41.9 Å². The molecule has 1 N–H and O–H groups in total. The molecule has 0 aromatic heterocycles. The molecule has 1 heterocycles. The Bertz CT molecular complexity index is 402. The maximum Gasteiger partial charge on any atom is 0.161 e. The van der Waals surface area contributed by atoms with Crippen molar-refractivity contribution in [1.29, 1.82) is 0 Å². The van der Waals surface area contributed by atoms with Crippen molar-refractivity contribution in [2.75, 3.05) is 33.9 Å². The molecule has 106 valence electrons. The summed E-state index contributed by atoms with van der Waals surface area (Å²) < 4.78 is 10.5. The molecule has 4 nitrogen and oxygen atoms in total. The Kier molecular flexibility index (Phi) is 5.05. The van der Waals surface area contributed by atoms with E-state index in [1.54, 1.807) is 14.2 Å². The van der Waals surface area contributed by atoms with Crippen LogP contribution in [-0.4, -0.2) is 43.9 Å². The fraction of sp³-hybridized carbons (Fsp3) is 0.600. The smallest absolute Gasteiger partial charge is 0.161 e. The molecule has 1 aliphatic heterocycles. The summed E-state index contributed by atoms with van der Waals surface area (Å²) >= 11 is 0. The van der Waals surface area contributed by atoms with Gasteiger partial charge in [-0.15, -0.1) is 0 Å². The van der Waals surface area contributed by atoms with Crippen molar-refractivity contribution in [2.24, 2.45) is 0 Å². The molecular weight excluding hydrogens is 242 g/mol. The number of aliphatic hydroxyl groups is 1. The Labute approximate surface area is 114 Å². The molecule has 0 spiro atoms. The number of β-amino-alcohol motifs (C(OH)–C–C–N with tert-alkyl or cyclic N) is 1. The van der Waals surface area contributed by atoms with E-state index in [1.165, 1.54) is 19.3 Å². The van der Waals surface area contributed by atoms with Crippen LogP contribution in [-0.2, 0) is 0 Å². The van der Waals surface area contributed by atoms with Crippen molar-refractivity contribution in [3.63, 3.8) is 0 Å². The molecule has 1 aliphatic rings. The lowest BCUT2D eigenvalue weighted by Gasteiger charge is -2.28. The van der Waals surface area contributed by atoms with Crippen LogP contribution in [0.25, 0.3) is 0 Å². The van der Waals surface area contributed by atoms with Crippen LogP contribution in [0.5, 0.6) is 11.5 Å². The molecular formula is C15H23NO3. The Morgan fingerprint density at radius 2 is 1.79 bits per heavy atom. The summed E-state index contributed by atoms with van der Waals surface area (Å²) in [5.74, 6) is 1.36. The molecule has 0 saturated carbocycles. The number of likely N-dealkylation sites (tertiary alicyclic amines) is 1. The average Bonchev–Trinajstić information content (AvgIpc) is 2.47. The molecule has 19 heavy (non-hydrogen) atoms. The number of benzene rings is 1. The highest BCUT2D eigenvalue weighted by atomic mass is 16.5. The third-order valence-electron chi connectivity index (χ3n) is 3.67. The van der Waals surface area contributed by atoms with Crippen LogP contribution in [0, 0.1) is 0 Å². The van der Waals surface area contributed by atoms with Gasteiger partial charge < -0.3 is 19.5 Å². The molecule has 1 fully saturated rings. The van der Waals surface area contributed by atoms with E-state index in [9.17, 15) is 5.11 Å². The zero-order valence-corrected chi connectivity index (χ0v) is 11.8. The quantitative estimate of drug-likeness (QED) is 0.886. The highest BCUT2D eigenvalue weighted by molar-refractivity contribution is 5.43. The first-order valence-electron chi connectivity index (χ1n) is 6.87. The fourth-order valence-electron chi connectivity index (χ4n) is 2.55. The molecule has 1 unspecified atom stereocenters. The summed E-state index contributed by atoms with van der Waals surface area (Å²) in [6.45, 7) is 2.87. The molecule has 0 bridgehead atoms. The summed E-state index contributed by atoms with van der Waals surface area (Å²) in [5.41, 5.74) is 0.878. The molecule has 0 radical (unpaired) electrons. The van der Waals surface area contributed by atoms with E-state index in [-0.39, 0.29) is 0 Å². The molecule has 1 aromatic rings. The predicted octanol–water partition coefficient (Wildman–Crippen LogP) is 2.22. The Balaban J connectivity index is 2.03. The minimum absolute atomic E-state index is 0.474. The summed E-state index contributed by atoms with van der Waals surface area (Å²) in [7, 11) is 3.22. The maximum atomic E-state index is 10.3. The Morgan fingerprint density at radius 1 is 1.11 bits per heavy atom. The van der Waals surface area contributed by atoms with Crippen molar-refractivity contribution in [3.8, 4) is 11.5 Å². The van der Waals surface area contributed by atoms with Gasteiger partial charge in [0.1, 0.15) is 0 Å². The van der Waals surface area contributed by atoms with Gasteiger partial charge in [-0.05, 0) is 43.6 Å². The Hall–Kier alpha value is -1.26. The number of hydrogen-bond acceptors (Lipinski definition) is 4. The van der Waals surface area contributed by atoms with E-state index in [2.05, 4.69) is 4.90 Å². The minimum atomic E-state index is -0.474. The first-order chi connectivity index (χ1) is 9.24. The SMILES string of the molecule is COc1ccc(C(O)CN2CCCCC2)cc1OC. The Morgan fingerprint density at radius 3 is 2.42 bits per heavy atom. The number of methoxy groups -OCH3 is 2. The van der Waals surface area contributed by atoms with Gasteiger partial charge in [-0.1, -0.05) is 12.5 Å². The number of nitrogens with zero attached hydrogens (tertiary/aromatic N) is 1. The molecule has 0 aliphatic carbocycles. The van der Waals surface area contributed by atoms with Crippen molar-refractivity contribution >= 4 is 0 Å². The van der Waals surface area contributed by atoms with Gasteiger partial charge in [-0.25, -0.2) is 0 Å². The number of piperidine rings is 1. The van der Waals surface area contributed by atoms with E-state index in [1.807, 2.05) is 18.2 Å². The lowest BCUT2D eigenvalue weighted by molar-refractivity contribution is 0.101. The predicted molar refractivity (Wildman–Crippen MR) is 74.8 cm³/mol. The summed E-state index contributed by atoms with van der Waals surface area (Å²) in [5, 5.41) is 10.3. The van der Waals surface area contributed by atoms with Gasteiger partial charge in [0.15, 0.2) is 11.5 Å². The van der Waals surface area contributed by atoms with Gasteiger partial charge in [0, 0.05) is 6.54 Å². The zero-order chi connectivity index (χ0) is 13.7. The molecule has 1 saturated heterocycles. The van der Waals surface area contributed by atoms with Crippen molar-refractivity contribution < 1.29 is 14.6 Å². The minimum Gasteiger partial charge on any atom is -0.493 e. The average molecular weight is 265 g/mol. The molecule has 2 rings (SSSR count). The normalized spacial score (nSPS) is 18.1. The van der Waals surface area contributed by atoms with Gasteiger partial charge in [0.25, 0.3) is 0 Å². The van der Waals surface area contributed by atoms with Crippen LogP contribution in [0.1, 0.15) is 30.9 Å². The van der Waals surface area contributed by atoms with E-state index >= 15 is 0 Å². The number of rotatable bonds is 5. The molecule has 0 amide bonds. The highest BCUT2D eigenvalue weighted by Gasteiger charge is 2.17. The zero-order valence-electron chi connectivity index (χ0n) is 11.8. The van der Waals surface area contributed by atoms with Crippen LogP contribution >= 0.6 is 0 Å². The second kappa shape index (κ2) is 6.78. The van der Waals surface area contributed by atoms with Gasteiger partial charge in [-0.2, -0.15) is 0 Å². The maximum absolute atomic E-state index is 10.3. The first kappa shape index (κ1) is 14.2. The van der Waals surface area contributed by atoms with Crippen molar-refractivity contribution in [1.82, 2.24) is 4.90 Å². The summed E-state index contributed by atoms with van der Waals surface area (Å²) in [4.78, 5) is 2.32. The van der Waals surface area contributed by atoms with E-state index in [0.717, 1.165) is 18.7 Å². The van der Waals surface area contributed by atoms with E-state index in [0.29, 0.717) is 18.0 Å². The van der Waals surface area contributed by atoms with Gasteiger partial charge in [0.05, 0.1) is 20.3 Å². The second-order valence-electron chi connectivity index (χ2n) is 4.99. The summed E-state index contributed by atoms with van der Waals surface area (Å²) in [6, 6.07) is 5.59. The molecule has 4 heteroatoms. The monoisotopic (exact) mass is 265 g/mol. The number of ether oxygens (including phenoxy) is 2. The lowest BCUT2D eigenvalue weighted by Crippen LogP contribution is -2.33. The number of aliphatic hydroxyl groups excluding tert-OH is 1. The first-order valence-corrected chi connectivity index (χ1v) is 6.87. The third-order valence-corrected chi connectivity index (χ3v) is 3.67. The van der Waals surface area contributed by atoms with Crippen LogP contribution < -0.4 is 9.47 Å². The molecule has 1 atom stereocenters. The standard InChI is InChI=1S/C15H23NO3/c1-18-14-7-6-12(10-15(14)19-2)13(17)11-16-8-4-3-5-9-16/h6-7,10,13,17H,3-5,8-9,11H2,1-2H3. The van der Waals surface area contributed by atoms with Crippen molar-refractivity contribution in [2.45, 2.75) is 25.4 Å². The molecule has 1 aromatic carbocycles. The van der Waals surface area contributed by atoms with Gasteiger partial charge >= 0.3 is 0 Å². The van der Waals surface area contributed by atoms with Gasteiger partial charge in [-0.3, -0.25) is 0 Å².